The fourth-order valence-corrected chi connectivity index (χ4v) is 1.98. The molecule has 0 aliphatic heterocycles. The predicted octanol–water partition coefficient (Wildman–Crippen LogP) is 4.20. The maximum Gasteiger partial charge on any atom is 0.0866 e. The largest absolute Gasteiger partial charge is 0.376 e. The molecule has 0 aromatic heterocycles. The average molecular weight is 252 g/mol. The molecule has 0 bridgehead atoms. The van der Waals surface area contributed by atoms with Crippen molar-refractivity contribution in [3.8, 4) is 0 Å². The molecule has 0 saturated carbocycles. The van der Waals surface area contributed by atoms with E-state index >= 15 is 0 Å². The van der Waals surface area contributed by atoms with Gasteiger partial charge in [-0.15, -0.1) is 0 Å². The highest BCUT2D eigenvalue weighted by Gasteiger charge is 2.03. The summed E-state index contributed by atoms with van der Waals surface area (Å²) in [7, 11) is 4.07. The summed E-state index contributed by atoms with van der Waals surface area (Å²) in [6.45, 7) is 4.15. The number of anilines is 1. The SMILES string of the molecule is CC(=Nc1ccccc1N(C)C)c1ccc(C)cc1. The van der Waals surface area contributed by atoms with Crippen molar-refractivity contribution in [1.82, 2.24) is 0 Å². The second kappa shape index (κ2) is 5.70. The van der Waals surface area contributed by atoms with Crippen molar-refractivity contribution in [3.05, 3.63) is 59.7 Å². The van der Waals surface area contributed by atoms with Crippen LogP contribution in [0, 0.1) is 6.92 Å². The second-order valence-corrected chi connectivity index (χ2v) is 4.95. The topological polar surface area (TPSA) is 15.6 Å². The van der Waals surface area contributed by atoms with Crippen LogP contribution in [0.5, 0.6) is 0 Å². The lowest BCUT2D eigenvalue weighted by Gasteiger charge is -2.15. The monoisotopic (exact) mass is 252 g/mol. The Hall–Kier alpha value is -2.09. The summed E-state index contributed by atoms with van der Waals surface area (Å²) in [6, 6.07) is 16.7. The number of para-hydroxylation sites is 2. The van der Waals surface area contributed by atoms with Gasteiger partial charge in [-0.05, 0) is 31.5 Å². The van der Waals surface area contributed by atoms with Crippen LogP contribution in [0.2, 0.25) is 0 Å². The van der Waals surface area contributed by atoms with Gasteiger partial charge >= 0.3 is 0 Å². The first kappa shape index (κ1) is 13.3. The van der Waals surface area contributed by atoms with Crippen LogP contribution in [-0.4, -0.2) is 19.8 Å². The molecular formula is C17H20N2. The van der Waals surface area contributed by atoms with Crippen LogP contribution in [0.15, 0.2) is 53.5 Å². The molecule has 0 N–H and O–H groups in total. The highest BCUT2D eigenvalue weighted by molar-refractivity contribution is 6.01. The number of rotatable bonds is 3. The Morgan fingerprint density at radius 1 is 0.947 bits per heavy atom. The van der Waals surface area contributed by atoms with Crippen molar-refractivity contribution >= 4 is 17.1 Å². The Morgan fingerprint density at radius 2 is 1.58 bits per heavy atom. The fraction of sp³-hybridized carbons (Fsp3) is 0.235. The summed E-state index contributed by atoms with van der Waals surface area (Å²) in [5, 5.41) is 0. The van der Waals surface area contributed by atoms with Crippen LogP contribution in [0.1, 0.15) is 18.1 Å². The Balaban J connectivity index is 2.38. The first-order valence-corrected chi connectivity index (χ1v) is 6.46. The van der Waals surface area contributed by atoms with Crippen molar-refractivity contribution in [1.29, 1.82) is 0 Å². The van der Waals surface area contributed by atoms with E-state index in [-0.39, 0.29) is 0 Å². The zero-order valence-corrected chi connectivity index (χ0v) is 12.0. The molecule has 98 valence electrons. The Bertz CT molecular complexity index is 580. The van der Waals surface area contributed by atoms with E-state index in [4.69, 9.17) is 4.99 Å². The standard InChI is InChI=1S/C17H20N2/c1-13-9-11-15(12-10-13)14(2)18-16-7-5-6-8-17(16)19(3)4/h5-12H,1-4H3. The number of hydrogen-bond acceptors (Lipinski definition) is 2. The summed E-state index contributed by atoms with van der Waals surface area (Å²) < 4.78 is 0. The summed E-state index contributed by atoms with van der Waals surface area (Å²) >= 11 is 0. The first-order valence-electron chi connectivity index (χ1n) is 6.46. The molecule has 2 aromatic rings. The molecule has 0 aliphatic carbocycles. The van der Waals surface area contributed by atoms with Crippen LogP contribution >= 0.6 is 0 Å². The van der Waals surface area contributed by atoms with Gasteiger partial charge in [0.15, 0.2) is 0 Å². The quantitative estimate of drug-likeness (QED) is 0.747. The van der Waals surface area contributed by atoms with E-state index in [1.807, 2.05) is 32.3 Å². The van der Waals surface area contributed by atoms with Gasteiger partial charge in [0.1, 0.15) is 0 Å². The third-order valence-electron chi connectivity index (χ3n) is 3.12. The van der Waals surface area contributed by atoms with E-state index in [9.17, 15) is 0 Å². The van der Waals surface area contributed by atoms with E-state index in [2.05, 4.69) is 49.1 Å². The minimum atomic E-state index is 1.01. The second-order valence-electron chi connectivity index (χ2n) is 4.95. The van der Waals surface area contributed by atoms with Gasteiger partial charge in [-0.3, -0.25) is 4.99 Å². The van der Waals surface area contributed by atoms with E-state index in [0.29, 0.717) is 0 Å². The van der Waals surface area contributed by atoms with E-state index < -0.39 is 0 Å². The third-order valence-corrected chi connectivity index (χ3v) is 3.12. The lowest BCUT2D eigenvalue weighted by atomic mass is 10.1. The Labute approximate surface area is 115 Å². The van der Waals surface area contributed by atoms with Crippen molar-refractivity contribution in [3.63, 3.8) is 0 Å². The third kappa shape index (κ3) is 3.22. The average Bonchev–Trinajstić information content (AvgIpc) is 2.39. The summed E-state index contributed by atoms with van der Waals surface area (Å²) in [5.74, 6) is 0. The van der Waals surface area contributed by atoms with Crippen LogP contribution in [0.3, 0.4) is 0 Å². The number of benzene rings is 2. The molecule has 0 fully saturated rings. The fourth-order valence-electron chi connectivity index (χ4n) is 1.98. The predicted molar refractivity (Wildman–Crippen MR) is 83.8 cm³/mol. The molecule has 0 radical (unpaired) electrons. The maximum absolute atomic E-state index is 4.76. The van der Waals surface area contributed by atoms with Gasteiger partial charge in [0.25, 0.3) is 0 Å². The molecule has 0 heterocycles. The summed E-state index contributed by atoms with van der Waals surface area (Å²) in [4.78, 5) is 6.84. The maximum atomic E-state index is 4.76. The van der Waals surface area contributed by atoms with Crippen LogP contribution in [-0.2, 0) is 0 Å². The number of hydrogen-bond donors (Lipinski definition) is 0. The molecule has 19 heavy (non-hydrogen) atoms. The van der Waals surface area contributed by atoms with Crippen LogP contribution < -0.4 is 4.90 Å². The first-order chi connectivity index (χ1) is 9.08. The minimum Gasteiger partial charge on any atom is -0.376 e. The van der Waals surface area contributed by atoms with Crippen LogP contribution in [0.4, 0.5) is 11.4 Å². The van der Waals surface area contributed by atoms with E-state index in [1.165, 1.54) is 11.1 Å². The molecule has 0 spiro atoms. The number of aliphatic imine (C=N–C) groups is 1. The highest BCUT2D eigenvalue weighted by Crippen LogP contribution is 2.27. The molecule has 2 rings (SSSR count). The molecule has 0 atom stereocenters. The number of nitrogens with zero attached hydrogens (tertiary/aromatic N) is 2. The molecule has 0 saturated heterocycles. The molecule has 2 aromatic carbocycles. The lowest BCUT2D eigenvalue weighted by molar-refractivity contribution is 1.13. The Morgan fingerprint density at radius 3 is 2.21 bits per heavy atom. The molecule has 2 nitrogen and oxygen atoms in total. The molecule has 2 heteroatoms. The van der Waals surface area contributed by atoms with Gasteiger partial charge in [0.05, 0.1) is 11.4 Å². The van der Waals surface area contributed by atoms with Gasteiger partial charge in [-0.1, -0.05) is 42.0 Å². The minimum absolute atomic E-state index is 1.01. The molecule has 0 amide bonds. The van der Waals surface area contributed by atoms with Gasteiger partial charge < -0.3 is 4.90 Å². The van der Waals surface area contributed by atoms with Gasteiger partial charge in [-0.2, -0.15) is 0 Å². The highest BCUT2D eigenvalue weighted by atomic mass is 15.1. The normalized spacial score (nSPS) is 11.5. The van der Waals surface area contributed by atoms with Crippen molar-refractivity contribution in [2.45, 2.75) is 13.8 Å². The van der Waals surface area contributed by atoms with Gasteiger partial charge in [0, 0.05) is 19.8 Å². The van der Waals surface area contributed by atoms with Crippen molar-refractivity contribution in [2.75, 3.05) is 19.0 Å². The zero-order valence-electron chi connectivity index (χ0n) is 12.0. The van der Waals surface area contributed by atoms with Gasteiger partial charge in [0.2, 0.25) is 0 Å². The van der Waals surface area contributed by atoms with Crippen molar-refractivity contribution < 1.29 is 0 Å². The number of aryl methyl sites for hydroxylation is 1. The van der Waals surface area contributed by atoms with Gasteiger partial charge in [-0.25, -0.2) is 0 Å². The summed E-state index contributed by atoms with van der Waals surface area (Å²) in [6.07, 6.45) is 0. The van der Waals surface area contributed by atoms with Crippen molar-refractivity contribution in [2.24, 2.45) is 4.99 Å². The zero-order chi connectivity index (χ0) is 13.8. The summed E-state index contributed by atoms with van der Waals surface area (Å²) in [5.41, 5.74) is 5.61. The van der Waals surface area contributed by atoms with Crippen LogP contribution in [0.25, 0.3) is 0 Å². The van der Waals surface area contributed by atoms with E-state index in [1.54, 1.807) is 0 Å². The molecule has 0 unspecified atom stereocenters. The Kier molecular flexibility index (Phi) is 4.00. The van der Waals surface area contributed by atoms with E-state index in [0.717, 1.165) is 17.1 Å². The lowest BCUT2D eigenvalue weighted by Crippen LogP contribution is -2.08. The molecular weight excluding hydrogens is 232 g/mol. The molecule has 0 aliphatic rings. The smallest absolute Gasteiger partial charge is 0.0866 e.